The molecule has 3 heterocycles. The molecule has 16 heavy (non-hydrogen) atoms. The van der Waals surface area contributed by atoms with Crippen molar-refractivity contribution < 1.29 is 0 Å². The maximum Gasteiger partial charge on any atom is 0.0518 e. The Labute approximate surface area is 95.3 Å². The number of aryl methyl sites for hydroxylation is 2. The van der Waals surface area contributed by atoms with E-state index in [2.05, 4.69) is 28.1 Å². The predicted molar refractivity (Wildman–Crippen MR) is 65.9 cm³/mol. The van der Waals surface area contributed by atoms with Gasteiger partial charge in [-0.1, -0.05) is 18.2 Å². The normalized spacial score (nSPS) is 18.8. The second-order valence-electron chi connectivity index (χ2n) is 4.89. The van der Waals surface area contributed by atoms with E-state index >= 15 is 0 Å². The molecule has 0 aliphatic carbocycles. The van der Waals surface area contributed by atoms with Crippen molar-refractivity contribution in [3.05, 3.63) is 35.0 Å². The Kier molecular flexibility index (Phi) is 1.71. The van der Waals surface area contributed by atoms with E-state index in [4.69, 9.17) is 0 Å². The van der Waals surface area contributed by atoms with Crippen LogP contribution in [0.3, 0.4) is 0 Å². The van der Waals surface area contributed by atoms with E-state index in [1.54, 1.807) is 16.8 Å². The summed E-state index contributed by atoms with van der Waals surface area (Å²) in [6.07, 6.45) is 3.62. The Bertz CT molecular complexity index is 566. The van der Waals surface area contributed by atoms with Crippen molar-refractivity contribution in [1.29, 1.82) is 0 Å². The van der Waals surface area contributed by atoms with Gasteiger partial charge in [0.25, 0.3) is 0 Å². The van der Waals surface area contributed by atoms with Crippen LogP contribution in [0.5, 0.6) is 0 Å². The second-order valence-corrected chi connectivity index (χ2v) is 4.89. The molecule has 0 spiro atoms. The highest BCUT2D eigenvalue weighted by molar-refractivity contribution is 5.89. The molecule has 0 amide bonds. The Morgan fingerprint density at radius 2 is 2.00 bits per heavy atom. The summed E-state index contributed by atoms with van der Waals surface area (Å²) in [5.41, 5.74) is 6.31. The highest BCUT2D eigenvalue weighted by Crippen LogP contribution is 2.34. The van der Waals surface area contributed by atoms with Gasteiger partial charge in [-0.3, -0.25) is 0 Å². The molecular formula is C14H16N2. The van der Waals surface area contributed by atoms with E-state index in [1.807, 2.05) is 0 Å². The largest absolute Gasteiger partial charge is 0.344 e. The molecule has 82 valence electrons. The molecule has 2 aromatic rings. The van der Waals surface area contributed by atoms with Crippen LogP contribution in [0.2, 0.25) is 0 Å². The van der Waals surface area contributed by atoms with Gasteiger partial charge in [0.1, 0.15) is 0 Å². The van der Waals surface area contributed by atoms with Crippen LogP contribution in [0.25, 0.3) is 10.9 Å². The molecular weight excluding hydrogens is 196 g/mol. The van der Waals surface area contributed by atoms with Crippen molar-refractivity contribution in [2.45, 2.75) is 25.8 Å². The molecule has 1 N–H and O–H groups in total. The lowest BCUT2D eigenvalue weighted by Crippen LogP contribution is -2.17. The molecule has 4 rings (SSSR count). The third kappa shape index (κ3) is 1.00. The van der Waals surface area contributed by atoms with E-state index in [0.717, 1.165) is 13.1 Å². The molecule has 2 aliphatic heterocycles. The SMILES string of the molecule is c1cc2c3c(c1)c1c(n3CC2)CCNCC1. The fourth-order valence-electron chi connectivity index (χ4n) is 3.40. The van der Waals surface area contributed by atoms with E-state index < -0.39 is 0 Å². The van der Waals surface area contributed by atoms with E-state index in [-0.39, 0.29) is 0 Å². The van der Waals surface area contributed by atoms with Gasteiger partial charge in [-0.25, -0.2) is 0 Å². The smallest absolute Gasteiger partial charge is 0.0518 e. The summed E-state index contributed by atoms with van der Waals surface area (Å²) >= 11 is 0. The summed E-state index contributed by atoms with van der Waals surface area (Å²) in [6, 6.07) is 6.83. The zero-order valence-electron chi connectivity index (χ0n) is 9.42. The third-order valence-electron chi connectivity index (χ3n) is 4.08. The summed E-state index contributed by atoms with van der Waals surface area (Å²) in [5, 5.41) is 5.02. The number of fused-ring (bicyclic) bond motifs is 3. The Hall–Kier alpha value is -1.28. The maximum atomic E-state index is 3.50. The van der Waals surface area contributed by atoms with Crippen LogP contribution < -0.4 is 5.32 Å². The lowest BCUT2D eigenvalue weighted by molar-refractivity contribution is 0.680. The molecule has 1 aromatic carbocycles. The highest BCUT2D eigenvalue weighted by Gasteiger charge is 2.23. The number of nitrogens with zero attached hydrogens (tertiary/aromatic N) is 1. The van der Waals surface area contributed by atoms with Gasteiger partial charge in [0.05, 0.1) is 5.52 Å². The lowest BCUT2D eigenvalue weighted by atomic mass is 10.0. The average molecular weight is 212 g/mol. The second kappa shape index (κ2) is 3.11. The van der Waals surface area contributed by atoms with Gasteiger partial charge in [-0.2, -0.15) is 0 Å². The van der Waals surface area contributed by atoms with Crippen LogP contribution in [-0.4, -0.2) is 17.7 Å². The van der Waals surface area contributed by atoms with Crippen molar-refractivity contribution in [2.75, 3.05) is 13.1 Å². The number of nitrogens with one attached hydrogen (secondary N) is 1. The summed E-state index contributed by atoms with van der Waals surface area (Å²) in [4.78, 5) is 0. The van der Waals surface area contributed by atoms with E-state index in [0.29, 0.717) is 0 Å². The number of benzene rings is 1. The monoisotopic (exact) mass is 212 g/mol. The summed E-state index contributed by atoms with van der Waals surface area (Å²) in [5.74, 6) is 0. The van der Waals surface area contributed by atoms with Gasteiger partial charge in [-0.15, -0.1) is 0 Å². The molecule has 0 bridgehead atoms. The van der Waals surface area contributed by atoms with Crippen molar-refractivity contribution in [3.63, 3.8) is 0 Å². The van der Waals surface area contributed by atoms with Crippen molar-refractivity contribution in [2.24, 2.45) is 0 Å². The first-order valence-corrected chi connectivity index (χ1v) is 6.28. The molecule has 0 saturated heterocycles. The quantitative estimate of drug-likeness (QED) is 0.705. The minimum absolute atomic E-state index is 1.14. The first-order valence-electron chi connectivity index (χ1n) is 6.28. The average Bonchev–Trinajstić information content (AvgIpc) is 2.76. The zero-order chi connectivity index (χ0) is 10.5. The van der Waals surface area contributed by atoms with Crippen LogP contribution in [0.4, 0.5) is 0 Å². The first-order chi connectivity index (χ1) is 7.95. The van der Waals surface area contributed by atoms with Gasteiger partial charge in [-0.05, 0) is 30.5 Å². The fourth-order valence-corrected chi connectivity index (χ4v) is 3.40. The van der Waals surface area contributed by atoms with Crippen LogP contribution >= 0.6 is 0 Å². The minimum atomic E-state index is 1.14. The van der Waals surface area contributed by atoms with Crippen molar-refractivity contribution in [1.82, 2.24) is 9.88 Å². The standard InChI is InChI=1S/C14H16N2/c1-2-10-6-9-16-13-5-8-15-7-4-11(13)12(3-1)14(10)16/h1-3,15H,4-9H2. The Balaban J connectivity index is 2.10. The van der Waals surface area contributed by atoms with Gasteiger partial charge in [0, 0.05) is 30.6 Å². The van der Waals surface area contributed by atoms with E-state index in [9.17, 15) is 0 Å². The topological polar surface area (TPSA) is 17.0 Å². The molecule has 2 heteroatoms. The third-order valence-corrected chi connectivity index (χ3v) is 4.08. The van der Waals surface area contributed by atoms with Gasteiger partial charge in [0.2, 0.25) is 0 Å². The van der Waals surface area contributed by atoms with Crippen LogP contribution in [0, 0.1) is 0 Å². The maximum absolute atomic E-state index is 3.50. The van der Waals surface area contributed by atoms with E-state index in [1.165, 1.54) is 36.7 Å². The van der Waals surface area contributed by atoms with Gasteiger partial charge in [0.15, 0.2) is 0 Å². The predicted octanol–water partition coefficient (Wildman–Crippen LogP) is 1.89. The number of aromatic nitrogens is 1. The fraction of sp³-hybridized carbons (Fsp3) is 0.429. The summed E-state index contributed by atoms with van der Waals surface area (Å²) in [7, 11) is 0. The van der Waals surface area contributed by atoms with Crippen LogP contribution in [0.15, 0.2) is 18.2 Å². The van der Waals surface area contributed by atoms with Gasteiger partial charge >= 0.3 is 0 Å². The first kappa shape index (κ1) is 8.82. The summed E-state index contributed by atoms with van der Waals surface area (Å²) < 4.78 is 2.58. The van der Waals surface area contributed by atoms with Gasteiger partial charge < -0.3 is 9.88 Å². The highest BCUT2D eigenvalue weighted by atomic mass is 15.0. The number of hydrogen-bond acceptors (Lipinski definition) is 1. The molecule has 1 aromatic heterocycles. The molecule has 0 radical (unpaired) electrons. The molecule has 0 saturated carbocycles. The number of hydrogen-bond donors (Lipinski definition) is 1. The van der Waals surface area contributed by atoms with Crippen molar-refractivity contribution >= 4 is 10.9 Å². The Morgan fingerprint density at radius 3 is 3.00 bits per heavy atom. The van der Waals surface area contributed by atoms with Crippen LogP contribution in [0.1, 0.15) is 16.8 Å². The molecule has 2 aliphatic rings. The molecule has 2 nitrogen and oxygen atoms in total. The van der Waals surface area contributed by atoms with Crippen molar-refractivity contribution in [3.8, 4) is 0 Å². The molecule has 0 unspecified atom stereocenters. The molecule has 0 atom stereocenters. The number of para-hydroxylation sites is 1. The lowest BCUT2D eigenvalue weighted by Gasteiger charge is -2.04. The Morgan fingerprint density at radius 1 is 1.06 bits per heavy atom. The summed E-state index contributed by atoms with van der Waals surface area (Å²) in [6.45, 7) is 3.47. The molecule has 0 fully saturated rings. The van der Waals surface area contributed by atoms with Crippen LogP contribution in [-0.2, 0) is 25.8 Å². The number of rotatable bonds is 0. The minimum Gasteiger partial charge on any atom is -0.344 e. The zero-order valence-corrected chi connectivity index (χ0v) is 9.42.